The minimum atomic E-state index is -0.836. The van der Waals surface area contributed by atoms with E-state index in [-0.39, 0.29) is 44.0 Å². The molecule has 6 heteroatoms. The van der Waals surface area contributed by atoms with E-state index in [9.17, 15) is 14.4 Å². The summed E-state index contributed by atoms with van der Waals surface area (Å²) < 4.78 is 16.7. The van der Waals surface area contributed by atoms with Crippen molar-refractivity contribution in [2.45, 2.75) is 226 Å². The van der Waals surface area contributed by atoms with E-state index in [1.165, 1.54) is 44.9 Å². The molecule has 70 heavy (non-hydrogen) atoms. The molecule has 0 radical (unpaired) electrons. The number of carbonyl (C=O) groups excluding carboxylic acids is 3. The van der Waals surface area contributed by atoms with Crippen LogP contribution in [-0.4, -0.2) is 37.2 Å². The Morgan fingerprint density at radius 1 is 0.300 bits per heavy atom. The highest BCUT2D eigenvalue weighted by molar-refractivity contribution is 5.71. The highest BCUT2D eigenvalue weighted by Crippen LogP contribution is 2.12. The largest absolute Gasteiger partial charge is 0.462 e. The van der Waals surface area contributed by atoms with Crippen LogP contribution in [-0.2, 0) is 28.6 Å². The van der Waals surface area contributed by atoms with Crippen LogP contribution in [0.15, 0.2) is 146 Å². The average Bonchev–Trinajstić information content (AvgIpc) is 3.36. The summed E-state index contributed by atoms with van der Waals surface area (Å²) in [5.74, 6) is -1.05. The summed E-state index contributed by atoms with van der Waals surface area (Å²) >= 11 is 0. The Hall–Kier alpha value is -4.71. The molecule has 1 unspecified atom stereocenters. The molecule has 6 nitrogen and oxygen atoms in total. The van der Waals surface area contributed by atoms with Crippen molar-refractivity contribution in [3.05, 3.63) is 146 Å². The fraction of sp³-hybridized carbons (Fsp3) is 0.578. The molecule has 0 aliphatic carbocycles. The normalized spacial score (nSPS) is 13.2. The Morgan fingerprint density at radius 2 is 0.571 bits per heavy atom. The first-order chi connectivity index (χ1) is 34.5. The van der Waals surface area contributed by atoms with Crippen molar-refractivity contribution >= 4 is 17.9 Å². The van der Waals surface area contributed by atoms with Crippen LogP contribution < -0.4 is 0 Å². The maximum absolute atomic E-state index is 12.8. The van der Waals surface area contributed by atoms with Gasteiger partial charge in [0.15, 0.2) is 6.10 Å². The van der Waals surface area contributed by atoms with Gasteiger partial charge in [-0.25, -0.2) is 0 Å². The fourth-order valence-electron chi connectivity index (χ4n) is 6.94. The Morgan fingerprint density at radius 3 is 0.957 bits per heavy atom. The second-order valence-electron chi connectivity index (χ2n) is 17.7. The molecule has 0 fully saturated rings. The van der Waals surface area contributed by atoms with E-state index in [0.29, 0.717) is 19.3 Å². The number of ether oxygens (including phenoxy) is 3. The minimum absolute atomic E-state index is 0.125. The molecule has 0 aromatic rings. The summed E-state index contributed by atoms with van der Waals surface area (Å²) in [6.07, 6.45) is 81.3. The van der Waals surface area contributed by atoms with E-state index >= 15 is 0 Å². The first kappa shape index (κ1) is 65.3. The zero-order valence-corrected chi connectivity index (χ0v) is 44.7. The molecule has 0 N–H and O–H groups in total. The minimum Gasteiger partial charge on any atom is -0.462 e. The van der Waals surface area contributed by atoms with Gasteiger partial charge in [-0.2, -0.15) is 0 Å². The third-order valence-electron chi connectivity index (χ3n) is 11.1. The van der Waals surface area contributed by atoms with Gasteiger partial charge >= 0.3 is 17.9 Å². The average molecular weight is 965 g/mol. The van der Waals surface area contributed by atoms with Crippen molar-refractivity contribution in [1.29, 1.82) is 0 Å². The standard InChI is InChI=1S/C64H100O6/c1-4-7-10-13-16-19-22-25-28-30-31-32-33-35-36-39-42-45-48-51-54-57-63(66)69-60-61(59-68-62(65)56-53-50-47-44-41-38-27-24-21-18-15-12-9-6-3)70-64(67)58-55-52-49-46-43-40-37-34-29-26-23-20-17-14-11-8-5-2/h7-8,10-11,16-17,19-20,24-29,31-32,35-37,40,42,45-46,49,61H,4-6,9,12-15,18,21-23,30,33-34,38-39,41,43-44,47-48,50-60H2,1-3H3/b10-7-,11-8-,19-16-,20-17-,27-24-,28-25-,29-26-,32-31-,36-35-,40-37-,45-42-,49-46-. The number of esters is 3. The van der Waals surface area contributed by atoms with Gasteiger partial charge in [-0.05, 0) is 135 Å². The van der Waals surface area contributed by atoms with Crippen LogP contribution in [0.2, 0.25) is 0 Å². The van der Waals surface area contributed by atoms with Gasteiger partial charge in [0.25, 0.3) is 0 Å². The molecule has 0 amide bonds. The summed E-state index contributed by atoms with van der Waals surface area (Å²) in [5.41, 5.74) is 0. The van der Waals surface area contributed by atoms with Crippen LogP contribution in [0.3, 0.4) is 0 Å². The number of allylic oxidation sites excluding steroid dienone is 24. The van der Waals surface area contributed by atoms with Gasteiger partial charge in [-0.1, -0.05) is 212 Å². The van der Waals surface area contributed by atoms with Gasteiger partial charge in [0.05, 0.1) is 0 Å². The Labute approximate surface area is 429 Å². The third-order valence-corrected chi connectivity index (χ3v) is 11.1. The van der Waals surface area contributed by atoms with E-state index in [0.717, 1.165) is 122 Å². The molecule has 0 spiro atoms. The lowest BCUT2D eigenvalue weighted by molar-refractivity contribution is -0.167. The molecule has 0 saturated heterocycles. The number of unbranched alkanes of at least 4 members (excludes halogenated alkanes) is 13. The molecule has 392 valence electrons. The van der Waals surface area contributed by atoms with E-state index in [1.54, 1.807) is 0 Å². The van der Waals surface area contributed by atoms with Gasteiger partial charge in [0.2, 0.25) is 0 Å². The monoisotopic (exact) mass is 965 g/mol. The second kappa shape index (κ2) is 56.9. The van der Waals surface area contributed by atoms with Crippen LogP contribution in [0.5, 0.6) is 0 Å². The topological polar surface area (TPSA) is 78.9 Å². The third kappa shape index (κ3) is 54.2. The Kier molecular flexibility index (Phi) is 53.0. The zero-order valence-electron chi connectivity index (χ0n) is 44.7. The van der Waals surface area contributed by atoms with E-state index in [4.69, 9.17) is 14.2 Å². The number of hydrogen-bond acceptors (Lipinski definition) is 6. The van der Waals surface area contributed by atoms with Crippen molar-refractivity contribution < 1.29 is 28.6 Å². The smallest absolute Gasteiger partial charge is 0.306 e. The SMILES string of the molecule is CC/C=C\C/C=C\C/C=C\C/C=C\C/C=C\C/C=C\CCCCC(=O)OCC(COC(=O)CCCCCCC/C=C\CCCCCCC)OC(=O)CCC/C=C\C/C=C\C/C=C\C/C=C\C/C=C\CC. The first-order valence-electron chi connectivity index (χ1n) is 27.8. The van der Waals surface area contributed by atoms with Gasteiger partial charge in [0.1, 0.15) is 13.2 Å². The van der Waals surface area contributed by atoms with Crippen LogP contribution in [0.4, 0.5) is 0 Å². The fourth-order valence-corrected chi connectivity index (χ4v) is 6.94. The van der Waals surface area contributed by atoms with E-state index < -0.39 is 6.10 Å². The van der Waals surface area contributed by atoms with Crippen LogP contribution in [0.1, 0.15) is 220 Å². The number of rotatable bonds is 48. The van der Waals surface area contributed by atoms with Crippen molar-refractivity contribution in [2.24, 2.45) is 0 Å². The highest BCUT2D eigenvalue weighted by Gasteiger charge is 2.19. The molecule has 0 saturated carbocycles. The highest BCUT2D eigenvalue weighted by atomic mass is 16.6. The molecule has 0 aliphatic rings. The van der Waals surface area contributed by atoms with Crippen LogP contribution in [0.25, 0.3) is 0 Å². The molecule has 0 bridgehead atoms. The van der Waals surface area contributed by atoms with E-state index in [2.05, 4.69) is 167 Å². The summed E-state index contributed by atoms with van der Waals surface area (Å²) in [7, 11) is 0. The lowest BCUT2D eigenvalue weighted by atomic mass is 10.1. The van der Waals surface area contributed by atoms with Crippen molar-refractivity contribution in [2.75, 3.05) is 13.2 Å². The Bertz CT molecular complexity index is 1580. The molecule has 0 aromatic carbocycles. The summed E-state index contributed by atoms with van der Waals surface area (Å²) in [4.78, 5) is 38.1. The van der Waals surface area contributed by atoms with Gasteiger partial charge in [-0.15, -0.1) is 0 Å². The van der Waals surface area contributed by atoms with Crippen LogP contribution in [0, 0.1) is 0 Å². The molecule has 0 aliphatic heterocycles. The predicted octanol–water partition coefficient (Wildman–Crippen LogP) is 18.8. The molecule has 0 aromatic heterocycles. The number of hydrogen-bond donors (Lipinski definition) is 0. The molecular weight excluding hydrogens is 865 g/mol. The maximum Gasteiger partial charge on any atom is 0.306 e. The second-order valence-corrected chi connectivity index (χ2v) is 17.7. The lowest BCUT2D eigenvalue weighted by Gasteiger charge is -2.18. The summed E-state index contributed by atoms with van der Waals surface area (Å²) in [6, 6.07) is 0. The van der Waals surface area contributed by atoms with Gasteiger partial charge < -0.3 is 14.2 Å². The van der Waals surface area contributed by atoms with Crippen molar-refractivity contribution in [3.63, 3.8) is 0 Å². The summed E-state index contributed by atoms with van der Waals surface area (Å²) in [6.45, 7) is 6.29. The quantitative estimate of drug-likeness (QED) is 0.0262. The summed E-state index contributed by atoms with van der Waals surface area (Å²) in [5, 5.41) is 0. The van der Waals surface area contributed by atoms with E-state index in [1.807, 2.05) is 0 Å². The molecule has 0 rings (SSSR count). The molecule has 1 atom stereocenters. The van der Waals surface area contributed by atoms with Crippen molar-refractivity contribution in [1.82, 2.24) is 0 Å². The van der Waals surface area contributed by atoms with Crippen LogP contribution >= 0.6 is 0 Å². The number of carbonyl (C=O) groups is 3. The van der Waals surface area contributed by atoms with Gasteiger partial charge in [-0.3, -0.25) is 14.4 Å². The zero-order chi connectivity index (χ0) is 50.7. The molecular formula is C64H100O6. The Balaban J connectivity index is 4.59. The predicted molar refractivity (Wildman–Crippen MR) is 302 cm³/mol. The van der Waals surface area contributed by atoms with Crippen molar-refractivity contribution in [3.8, 4) is 0 Å². The first-order valence-corrected chi connectivity index (χ1v) is 27.8. The van der Waals surface area contributed by atoms with Gasteiger partial charge in [0, 0.05) is 19.3 Å². The maximum atomic E-state index is 12.8. The molecule has 0 heterocycles. The lowest BCUT2D eigenvalue weighted by Crippen LogP contribution is -2.30.